The van der Waals surface area contributed by atoms with E-state index in [1.807, 2.05) is 30.5 Å². The van der Waals surface area contributed by atoms with E-state index in [2.05, 4.69) is 22.2 Å². The van der Waals surface area contributed by atoms with Gasteiger partial charge >= 0.3 is 0 Å². The minimum absolute atomic E-state index is 0.396. The minimum Gasteiger partial charge on any atom is -0.472 e. The molecule has 0 aliphatic carbocycles. The highest BCUT2D eigenvalue weighted by Crippen LogP contribution is 2.17. The van der Waals surface area contributed by atoms with Gasteiger partial charge in [-0.25, -0.2) is 4.98 Å². The van der Waals surface area contributed by atoms with E-state index < -0.39 is 0 Å². The summed E-state index contributed by atoms with van der Waals surface area (Å²) in [7, 11) is 0. The molecule has 0 saturated heterocycles. The van der Waals surface area contributed by atoms with Crippen LogP contribution in [0.1, 0.15) is 31.0 Å². The lowest BCUT2D eigenvalue weighted by Crippen LogP contribution is -2.08. The second-order valence-electron chi connectivity index (χ2n) is 4.44. The molecule has 114 valence electrons. The van der Waals surface area contributed by atoms with Crippen LogP contribution in [0.4, 0.5) is 5.82 Å². The molecule has 6 heteroatoms. The number of nitrogens with zero attached hydrogens (tertiary/aromatic N) is 2. The predicted molar refractivity (Wildman–Crippen MR) is 84.8 cm³/mol. The van der Waals surface area contributed by atoms with Crippen molar-refractivity contribution in [3.05, 3.63) is 34.3 Å². The van der Waals surface area contributed by atoms with Gasteiger partial charge in [-0.1, -0.05) is 13.0 Å². The van der Waals surface area contributed by atoms with Crippen LogP contribution in [0.2, 0.25) is 0 Å². The van der Waals surface area contributed by atoms with Crippen LogP contribution in [-0.2, 0) is 18.0 Å². The predicted octanol–water partition coefficient (Wildman–Crippen LogP) is 3.48. The summed E-state index contributed by atoms with van der Waals surface area (Å²) in [6.07, 6.45) is 1.04. The summed E-state index contributed by atoms with van der Waals surface area (Å²) < 4.78 is 11.1. The molecule has 0 radical (unpaired) electrons. The second-order valence-corrected chi connectivity index (χ2v) is 5.47. The Hall–Kier alpha value is -1.66. The van der Waals surface area contributed by atoms with Crippen LogP contribution < -0.4 is 10.1 Å². The van der Waals surface area contributed by atoms with Crippen molar-refractivity contribution < 1.29 is 9.47 Å². The SMILES string of the molecule is CCCNc1cc(OCc2cccs2)nc(COCC)n1. The van der Waals surface area contributed by atoms with Gasteiger partial charge in [0.1, 0.15) is 19.0 Å². The van der Waals surface area contributed by atoms with Crippen LogP contribution in [0.15, 0.2) is 23.6 Å². The Bertz CT molecular complexity index is 505. The Morgan fingerprint density at radius 3 is 2.86 bits per heavy atom. The molecule has 2 aromatic rings. The molecule has 0 aromatic carbocycles. The Kier molecular flexibility index (Phi) is 6.43. The van der Waals surface area contributed by atoms with E-state index in [4.69, 9.17) is 9.47 Å². The fraction of sp³-hybridized carbons (Fsp3) is 0.467. The van der Waals surface area contributed by atoms with Crippen molar-refractivity contribution in [3.63, 3.8) is 0 Å². The van der Waals surface area contributed by atoms with E-state index >= 15 is 0 Å². The van der Waals surface area contributed by atoms with E-state index in [1.165, 1.54) is 4.88 Å². The van der Waals surface area contributed by atoms with E-state index in [0.717, 1.165) is 18.8 Å². The molecule has 0 unspecified atom stereocenters. The van der Waals surface area contributed by atoms with E-state index in [1.54, 1.807) is 11.3 Å². The summed E-state index contributed by atoms with van der Waals surface area (Å²) in [5.74, 6) is 1.99. The van der Waals surface area contributed by atoms with Crippen molar-refractivity contribution in [2.45, 2.75) is 33.5 Å². The fourth-order valence-electron chi connectivity index (χ4n) is 1.69. The monoisotopic (exact) mass is 307 g/mol. The van der Waals surface area contributed by atoms with Gasteiger partial charge in [0.2, 0.25) is 5.88 Å². The number of anilines is 1. The van der Waals surface area contributed by atoms with Crippen molar-refractivity contribution in [3.8, 4) is 5.88 Å². The molecule has 2 rings (SSSR count). The number of aromatic nitrogens is 2. The third kappa shape index (κ3) is 5.32. The van der Waals surface area contributed by atoms with Crippen LogP contribution in [0, 0.1) is 0 Å². The topological polar surface area (TPSA) is 56.3 Å². The van der Waals surface area contributed by atoms with Crippen molar-refractivity contribution >= 4 is 17.2 Å². The number of nitrogens with one attached hydrogen (secondary N) is 1. The first-order valence-corrected chi connectivity index (χ1v) is 8.04. The average Bonchev–Trinajstić information content (AvgIpc) is 3.02. The molecule has 2 heterocycles. The van der Waals surface area contributed by atoms with Gasteiger partial charge in [-0.3, -0.25) is 0 Å². The zero-order valence-corrected chi connectivity index (χ0v) is 13.3. The number of hydrogen-bond acceptors (Lipinski definition) is 6. The summed E-state index contributed by atoms with van der Waals surface area (Å²) in [6, 6.07) is 5.89. The van der Waals surface area contributed by atoms with E-state index in [9.17, 15) is 0 Å². The van der Waals surface area contributed by atoms with Crippen LogP contribution in [0.25, 0.3) is 0 Å². The molecule has 0 bridgehead atoms. The largest absolute Gasteiger partial charge is 0.472 e. The van der Waals surface area contributed by atoms with Gasteiger partial charge < -0.3 is 14.8 Å². The molecular weight excluding hydrogens is 286 g/mol. The molecule has 2 aromatic heterocycles. The zero-order chi connectivity index (χ0) is 14.9. The highest BCUT2D eigenvalue weighted by atomic mass is 32.1. The molecule has 0 atom stereocenters. The normalized spacial score (nSPS) is 10.6. The summed E-state index contributed by atoms with van der Waals surface area (Å²) in [6.45, 7) is 6.50. The summed E-state index contributed by atoms with van der Waals surface area (Å²) in [5, 5.41) is 5.30. The zero-order valence-electron chi connectivity index (χ0n) is 12.5. The Balaban J connectivity index is 2.05. The Morgan fingerprint density at radius 1 is 1.24 bits per heavy atom. The lowest BCUT2D eigenvalue weighted by atomic mass is 10.4. The highest BCUT2D eigenvalue weighted by molar-refractivity contribution is 7.09. The smallest absolute Gasteiger partial charge is 0.219 e. The number of ether oxygens (including phenoxy) is 2. The minimum atomic E-state index is 0.396. The van der Waals surface area contributed by atoms with Gasteiger partial charge in [0, 0.05) is 24.1 Å². The lowest BCUT2D eigenvalue weighted by molar-refractivity contribution is 0.127. The molecule has 0 spiro atoms. The maximum absolute atomic E-state index is 5.76. The van der Waals surface area contributed by atoms with Gasteiger partial charge in [0.15, 0.2) is 5.82 Å². The summed E-state index contributed by atoms with van der Waals surface area (Å²) >= 11 is 1.67. The first-order chi connectivity index (χ1) is 10.3. The van der Waals surface area contributed by atoms with Crippen molar-refractivity contribution in [2.24, 2.45) is 0 Å². The third-order valence-electron chi connectivity index (χ3n) is 2.68. The standard InChI is InChI=1S/C15H21N3O2S/c1-3-7-16-13-9-15(18-14(17-13)11-19-4-2)20-10-12-6-5-8-21-12/h5-6,8-9H,3-4,7,10-11H2,1-2H3,(H,16,17,18). The lowest BCUT2D eigenvalue weighted by Gasteiger charge is -2.10. The van der Waals surface area contributed by atoms with Crippen LogP contribution in [0.5, 0.6) is 5.88 Å². The molecular formula is C15H21N3O2S. The number of rotatable bonds is 9. The molecule has 1 N–H and O–H groups in total. The highest BCUT2D eigenvalue weighted by Gasteiger charge is 2.06. The van der Waals surface area contributed by atoms with Crippen LogP contribution in [-0.4, -0.2) is 23.1 Å². The summed E-state index contributed by atoms with van der Waals surface area (Å²) in [4.78, 5) is 9.98. The fourth-order valence-corrected chi connectivity index (χ4v) is 2.30. The molecule has 0 aliphatic rings. The first kappa shape index (κ1) is 15.7. The van der Waals surface area contributed by atoms with Gasteiger partial charge in [0.25, 0.3) is 0 Å². The first-order valence-electron chi connectivity index (χ1n) is 7.16. The van der Waals surface area contributed by atoms with Gasteiger partial charge in [-0.2, -0.15) is 4.98 Å². The van der Waals surface area contributed by atoms with Crippen molar-refractivity contribution in [1.82, 2.24) is 9.97 Å². The quantitative estimate of drug-likeness (QED) is 0.768. The molecule has 21 heavy (non-hydrogen) atoms. The molecule has 0 aliphatic heterocycles. The van der Waals surface area contributed by atoms with Crippen molar-refractivity contribution in [1.29, 1.82) is 0 Å². The summed E-state index contributed by atoms with van der Waals surface area (Å²) in [5.41, 5.74) is 0. The van der Waals surface area contributed by atoms with Crippen LogP contribution in [0.3, 0.4) is 0 Å². The maximum atomic E-state index is 5.76. The van der Waals surface area contributed by atoms with Gasteiger partial charge in [-0.05, 0) is 24.8 Å². The molecule has 0 fully saturated rings. The molecule has 0 saturated carbocycles. The second kappa shape index (κ2) is 8.59. The van der Waals surface area contributed by atoms with E-state index in [-0.39, 0.29) is 0 Å². The van der Waals surface area contributed by atoms with Gasteiger partial charge in [-0.15, -0.1) is 11.3 Å². The number of thiophene rings is 1. The van der Waals surface area contributed by atoms with E-state index in [0.29, 0.717) is 31.5 Å². The average molecular weight is 307 g/mol. The molecule has 0 amide bonds. The maximum Gasteiger partial charge on any atom is 0.219 e. The van der Waals surface area contributed by atoms with Crippen LogP contribution >= 0.6 is 11.3 Å². The number of hydrogen-bond donors (Lipinski definition) is 1. The van der Waals surface area contributed by atoms with Crippen molar-refractivity contribution in [2.75, 3.05) is 18.5 Å². The Labute approximate surface area is 129 Å². The molecule has 5 nitrogen and oxygen atoms in total. The third-order valence-corrected chi connectivity index (χ3v) is 3.53. The van der Waals surface area contributed by atoms with Gasteiger partial charge in [0.05, 0.1) is 0 Å². The Morgan fingerprint density at radius 2 is 2.14 bits per heavy atom.